The summed E-state index contributed by atoms with van der Waals surface area (Å²) in [4.78, 5) is 20.0. The number of nitriles is 1. The molecule has 0 saturated carbocycles. The maximum Gasteiger partial charge on any atom is 0.263 e. The molecular formula is C25H20N4O. The van der Waals surface area contributed by atoms with Crippen molar-refractivity contribution in [3.8, 4) is 34.1 Å². The Kier molecular flexibility index (Phi) is 5.15. The number of benzene rings is 2. The zero-order valence-electron chi connectivity index (χ0n) is 16.8. The van der Waals surface area contributed by atoms with Crippen LogP contribution in [0.4, 0.5) is 5.69 Å². The molecule has 4 aromatic rings. The fourth-order valence-corrected chi connectivity index (χ4v) is 3.38. The van der Waals surface area contributed by atoms with Crippen molar-refractivity contribution >= 4 is 5.69 Å². The topological polar surface area (TPSA) is 61.9 Å². The first-order chi connectivity index (χ1) is 14.6. The molecule has 2 heterocycles. The van der Waals surface area contributed by atoms with Gasteiger partial charge in [0, 0.05) is 48.9 Å². The number of anilines is 1. The van der Waals surface area contributed by atoms with Crippen molar-refractivity contribution in [1.29, 1.82) is 5.26 Å². The highest BCUT2D eigenvalue weighted by molar-refractivity contribution is 5.75. The summed E-state index contributed by atoms with van der Waals surface area (Å²) in [6.07, 6.45) is 3.53. The van der Waals surface area contributed by atoms with Crippen molar-refractivity contribution in [3.05, 3.63) is 101 Å². The molecule has 0 saturated heterocycles. The van der Waals surface area contributed by atoms with Crippen LogP contribution >= 0.6 is 0 Å². The highest BCUT2D eigenvalue weighted by atomic mass is 16.1. The number of nitrogens with zero attached hydrogens (tertiary/aromatic N) is 4. The molecule has 30 heavy (non-hydrogen) atoms. The first-order valence-corrected chi connectivity index (χ1v) is 9.54. The second-order valence-electron chi connectivity index (χ2n) is 7.10. The number of rotatable bonds is 4. The average Bonchev–Trinajstić information content (AvgIpc) is 2.80. The van der Waals surface area contributed by atoms with Gasteiger partial charge in [-0.3, -0.25) is 14.3 Å². The van der Waals surface area contributed by atoms with Crippen LogP contribution in [0, 0.1) is 11.3 Å². The summed E-state index contributed by atoms with van der Waals surface area (Å²) in [5, 5.41) is 9.56. The third kappa shape index (κ3) is 3.59. The molecule has 0 aliphatic rings. The molecule has 0 aliphatic heterocycles. The minimum atomic E-state index is -0.187. The lowest BCUT2D eigenvalue weighted by atomic mass is 9.99. The summed E-state index contributed by atoms with van der Waals surface area (Å²) < 4.78 is 1.63. The minimum Gasteiger partial charge on any atom is -0.378 e. The van der Waals surface area contributed by atoms with Crippen molar-refractivity contribution in [1.82, 2.24) is 9.55 Å². The lowest BCUT2D eigenvalue weighted by Gasteiger charge is -2.16. The normalized spacial score (nSPS) is 10.4. The van der Waals surface area contributed by atoms with E-state index in [1.807, 2.05) is 73.6 Å². The molecule has 0 bridgehead atoms. The highest BCUT2D eigenvalue weighted by Gasteiger charge is 2.15. The standard InChI is InChI=1S/C25H20N4O/c1-28(2)20-9-7-10-21(15-20)29-17-19(24-12-5-6-13-27-24)14-23(25(29)30)22-11-4-3-8-18(22)16-26/h3-15,17H,1-2H3. The van der Waals surface area contributed by atoms with Crippen LogP contribution in [0.1, 0.15) is 5.56 Å². The Balaban J connectivity index is 2.03. The Morgan fingerprint density at radius 3 is 2.47 bits per heavy atom. The predicted octanol–water partition coefficient (Wildman–Crippen LogP) is 4.50. The minimum absolute atomic E-state index is 0.187. The van der Waals surface area contributed by atoms with E-state index in [-0.39, 0.29) is 5.56 Å². The Morgan fingerprint density at radius 1 is 0.933 bits per heavy atom. The molecule has 5 nitrogen and oxygen atoms in total. The zero-order chi connectivity index (χ0) is 21.1. The lowest BCUT2D eigenvalue weighted by Crippen LogP contribution is -2.21. The summed E-state index contributed by atoms with van der Waals surface area (Å²) in [5.41, 5.74) is 4.64. The van der Waals surface area contributed by atoms with E-state index in [2.05, 4.69) is 11.1 Å². The van der Waals surface area contributed by atoms with Gasteiger partial charge in [0.1, 0.15) is 0 Å². The van der Waals surface area contributed by atoms with Crippen LogP contribution in [0.2, 0.25) is 0 Å². The van der Waals surface area contributed by atoms with Gasteiger partial charge >= 0.3 is 0 Å². The Bertz CT molecular complexity index is 1300. The molecule has 2 aromatic carbocycles. The third-order valence-electron chi connectivity index (χ3n) is 4.94. The average molecular weight is 392 g/mol. The largest absolute Gasteiger partial charge is 0.378 e. The molecule has 0 amide bonds. The van der Waals surface area contributed by atoms with Crippen LogP contribution in [0.5, 0.6) is 0 Å². The molecule has 0 radical (unpaired) electrons. The van der Waals surface area contributed by atoms with Crippen LogP contribution in [-0.4, -0.2) is 23.6 Å². The molecule has 4 rings (SSSR count). The van der Waals surface area contributed by atoms with E-state index in [4.69, 9.17) is 0 Å². The van der Waals surface area contributed by atoms with Crippen LogP contribution in [0.3, 0.4) is 0 Å². The van der Waals surface area contributed by atoms with Crippen molar-refractivity contribution in [2.45, 2.75) is 0 Å². The summed E-state index contributed by atoms with van der Waals surface area (Å²) in [7, 11) is 3.92. The van der Waals surface area contributed by atoms with Gasteiger partial charge < -0.3 is 4.90 Å². The first kappa shape index (κ1) is 19.2. The maximum atomic E-state index is 13.5. The second-order valence-corrected chi connectivity index (χ2v) is 7.10. The van der Waals surface area contributed by atoms with Crippen LogP contribution in [-0.2, 0) is 0 Å². The van der Waals surface area contributed by atoms with Gasteiger partial charge in [0.05, 0.1) is 23.0 Å². The van der Waals surface area contributed by atoms with Crippen molar-refractivity contribution in [3.63, 3.8) is 0 Å². The SMILES string of the molecule is CN(C)c1cccc(-n2cc(-c3ccccn3)cc(-c3ccccc3C#N)c2=O)c1. The summed E-state index contributed by atoms with van der Waals surface area (Å²) >= 11 is 0. The quantitative estimate of drug-likeness (QED) is 0.513. The molecule has 0 aliphatic carbocycles. The molecule has 0 atom stereocenters. The van der Waals surface area contributed by atoms with E-state index in [9.17, 15) is 10.1 Å². The Morgan fingerprint density at radius 2 is 1.73 bits per heavy atom. The first-order valence-electron chi connectivity index (χ1n) is 9.54. The number of pyridine rings is 2. The van der Waals surface area contributed by atoms with Gasteiger partial charge in [-0.2, -0.15) is 5.26 Å². The van der Waals surface area contributed by atoms with Crippen LogP contribution < -0.4 is 10.5 Å². The van der Waals surface area contributed by atoms with Crippen molar-refractivity contribution in [2.24, 2.45) is 0 Å². The fraction of sp³-hybridized carbons (Fsp3) is 0.0800. The smallest absolute Gasteiger partial charge is 0.263 e. The van der Waals surface area contributed by atoms with E-state index < -0.39 is 0 Å². The number of aromatic nitrogens is 2. The number of hydrogen-bond acceptors (Lipinski definition) is 4. The van der Waals surface area contributed by atoms with Gasteiger partial charge in [0.15, 0.2) is 0 Å². The summed E-state index contributed by atoms with van der Waals surface area (Å²) in [6.45, 7) is 0. The van der Waals surface area contributed by atoms with E-state index in [0.717, 1.165) is 22.6 Å². The Hall–Kier alpha value is -4.17. The highest BCUT2D eigenvalue weighted by Crippen LogP contribution is 2.26. The lowest BCUT2D eigenvalue weighted by molar-refractivity contribution is 0.989. The van der Waals surface area contributed by atoms with Crippen LogP contribution in [0.25, 0.3) is 28.1 Å². The maximum absolute atomic E-state index is 13.5. The third-order valence-corrected chi connectivity index (χ3v) is 4.94. The van der Waals surface area contributed by atoms with Gasteiger partial charge in [0.2, 0.25) is 0 Å². The molecule has 146 valence electrons. The van der Waals surface area contributed by atoms with Gasteiger partial charge in [-0.1, -0.05) is 30.3 Å². The Labute approximate surface area is 175 Å². The van der Waals surface area contributed by atoms with Gasteiger partial charge in [-0.25, -0.2) is 0 Å². The summed E-state index contributed by atoms with van der Waals surface area (Å²) in [5.74, 6) is 0. The second kappa shape index (κ2) is 8.06. The molecule has 5 heteroatoms. The monoisotopic (exact) mass is 392 g/mol. The molecule has 2 aromatic heterocycles. The molecular weight excluding hydrogens is 372 g/mol. The van der Waals surface area contributed by atoms with E-state index in [1.165, 1.54) is 0 Å². The van der Waals surface area contributed by atoms with E-state index in [0.29, 0.717) is 16.7 Å². The molecule has 0 spiro atoms. The molecule has 0 unspecified atom stereocenters. The molecule has 0 fully saturated rings. The van der Waals surface area contributed by atoms with Crippen molar-refractivity contribution in [2.75, 3.05) is 19.0 Å². The van der Waals surface area contributed by atoms with Gasteiger partial charge in [-0.15, -0.1) is 0 Å². The van der Waals surface area contributed by atoms with Gasteiger partial charge in [-0.05, 0) is 42.5 Å². The molecule has 0 N–H and O–H groups in total. The fourth-order valence-electron chi connectivity index (χ4n) is 3.38. The summed E-state index contributed by atoms with van der Waals surface area (Å²) in [6, 6.07) is 24.6. The predicted molar refractivity (Wildman–Crippen MR) is 120 cm³/mol. The van der Waals surface area contributed by atoms with Gasteiger partial charge in [0.25, 0.3) is 5.56 Å². The van der Waals surface area contributed by atoms with Crippen LogP contribution in [0.15, 0.2) is 90.0 Å². The number of hydrogen-bond donors (Lipinski definition) is 0. The van der Waals surface area contributed by atoms with E-state index in [1.54, 1.807) is 35.2 Å². The zero-order valence-corrected chi connectivity index (χ0v) is 16.8. The van der Waals surface area contributed by atoms with E-state index >= 15 is 0 Å². The van der Waals surface area contributed by atoms with Crippen molar-refractivity contribution < 1.29 is 0 Å².